The molecule has 0 radical (unpaired) electrons. The summed E-state index contributed by atoms with van der Waals surface area (Å²) in [5, 5.41) is 1.68. The molecular formula is C20H20ClN3O. The number of hydrogen-bond donors (Lipinski definition) is 1. The Labute approximate surface area is 152 Å². The topological polar surface area (TPSA) is 39.3 Å². The number of nitrogens with one attached hydrogen (secondary N) is 1. The molecular weight excluding hydrogens is 334 g/mol. The molecule has 1 saturated heterocycles. The van der Waals surface area contributed by atoms with Gasteiger partial charge in [0.15, 0.2) is 0 Å². The lowest BCUT2D eigenvalue weighted by molar-refractivity contribution is 0.0623. The van der Waals surface area contributed by atoms with Gasteiger partial charge in [0.2, 0.25) is 0 Å². The molecule has 1 aromatic heterocycles. The Morgan fingerprint density at radius 3 is 2.52 bits per heavy atom. The first-order valence-corrected chi connectivity index (χ1v) is 8.91. The summed E-state index contributed by atoms with van der Waals surface area (Å²) in [6, 6.07) is 18.0. The third-order valence-corrected chi connectivity index (χ3v) is 4.96. The molecule has 1 aliphatic heterocycles. The molecule has 0 atom stereocenters. The molecule has 0 bridgehead atoms. The predicted octanol–water partition coefficient (Wildman–Crippen LogP) is 3.78. The first-order valence-electron chi connectivity index (χ1n) is 8.53. The van der Waals surface area contributed by atoms with E-state index in [2.05, 4.69) is 34.1 Å². The average Bonchev–Trinajstić information content (AvgIpc) is 3.06. The first-order chi connectivity index (χ1) is 12.2. The summed E-state index contributed by atoms with van der Waals surface area (Å²) in [5.41, 5.74) is 2.85. The van der Waals surface area contributed by atoms with Crippen LogP contribution in [0.5, 0.6) is 0 Å². The van der Waals surface area contributed by atoms with Gasteiger partial charge in [0.05, 0.1) is 0 Å². The Morgan fingerprint density at radius 1 is 1.00 bits per heavy atom. The number of hydrogen-bond acceptors (Lipinski definition) is 2. The summed E-state index contributed by atoms with van der Waals surface area (Å²) in [6.07, 6.45) is 0. The monoisotopic (exact) mass is 353 g/mol. The molecule has 5 heteroatoms. The van der Waals surface area contributed by atoms with Crippen molar-refractivity contribution in [2.75, 3.05) is 26.2 Å². The Bertz CT molecular complexity index is 882. The van der Waals surface area contributed by atoms with Gasteiger partial charge in [0.1, 0.15) is 5.69 Å². The summed E-state index contributed by atoms with van der Waals surface area (Å²) in [6.45, 7) is 4.23. The Kier molecular flexibility index (Phi) is 4.47. The third-order valence-electron chi connectivity index (χ3n) is 4.72. The third kappa shape index (κ3) is 3.55. The molecule has 0 aliphatic carbocycles. The smallest absolute Gasteiger partial charge is 0.270 e. The van der Waals surface area contributed by atoms with Crippen LogP contribution in [-0.2, 0) is 6.54 Å². The largest absolute Gasteiger partial charge is 0.350 e. The molecule has 1 N–H and O–H groups in total. The van der Waals surface area contributed by atoms with Crippen LogP contribution in [0.2, 0.25) is 5.02 Å². The molecule has 0 unspecified atom stereocenters. The van der Waals surface area contributed by atoms with Crippen LogP contribution in [0.15, 0.2) is 54.6 Å². The van der Waals surface area contributed by atoms with E-state index in [0.717, 1.165) is 43.6 Å². The summed E-state index contributed by atoms with van der Waals surface area (Å²) < 4.78 is 0. The van der Waals surface area contributed by atoms with Crippen LogP contribution in [0.1, 0.15) is 16.1 Å². The van der Waals surface area contributed by atoms with E-state index < -0.39 is 0 Å². The number of aromatic nitrogens is 1. The zero-order chi connectivity index (χ0) is 17.2. The van der Waals surface area contributed by atoms with Crippen molar-refractivity contribution in [3.05, 3.63) is 70.9 Å². The number of aromatic amines is 1. The molecule has 0 spiro atoms. The molecule has 1 amide bonds. The van der Waals surface area contributed by atoms with E-state index in [1.807, 2.05) is 35.2 Å². The van der Waals surface area contributed by atoms with Crippen LogP contribution in [0.3, 0.4) is 0 Å². The number of nitrogens with zero attached hydrogens (tertiary/aromatic N) is 2. The number of carbonyl (C=O) groups excluding carboxylic acids is 1. The molecule has 1 fully saturated rings. The second-order valence-electron chi connectivity index (χ2n) is 6.47. The number of piperazine rings is 1. The first kappa shape index (κ1) is 16.2. The zero-order valence-corrected chi connectivity index (χ0v) is 14.7. The minimum Gasteiger partial charge on any atom is -0.350 e. The quantitative estimate of drug-likeness (QED) is 0.778. The number of amides is 1. The lowest BCUT2D eigenvalue weighted by Crippen LogP contribution is -2.48. The Hall–Kier alpha value is -2.30. The van der Waals surface area contributed by atoms with Gasteiger partial charge >= 0.3 is 0 Å². The lowest BCUT2D eigenvalue weighted by atomic mass is 10.2. The zero-order valence-electron chi connectivity index (χ0n) is 13.9. The number of rotatable bonds is 3. The predicted molar refractivity (Wildman–Crippen MR) is 101 cm³/mol. The molecule has 2 heterocycles. The van der Waals surface area contributed by atoms with Gasteiger partial charge in [-0.05, 0) is 23.8 Å². The second-order valence-corrected chi connectivity index (χ2v) is 6.90. The van der Waals surface area contributed by atoms with E-state index in [0.29, 0.717) is 10.7 Å². The van der Waals surface area contributed by atoms with Gasteiger partial charge < -0.3 is 9.88 Å². The van der Waals surface area contributed by atoms with Crippen LogP contribution in [0.4, 0.5) is 0 Å². The van der Waals surface area contributed by atoms with Crippen LogP contribution in [0.25, 0.3) is 10.9 Å². The van der Waals surface area contributed by atoms with Gasteiger partial charge in [-0.25, -0.2) is 0 Å². The number of fused-ring (bicyclic) bond motifs is 1. The van der Waals surface area contributed by atoms with Gasteiger partial charge in [-0.3, -0.25) is 9.69 Å². The normalized spacial score (nSPS) is 15.6. The molecule has 128 valence electrons. The van der Waals surface area contributed by atoms with Crippen molar-refractivity contribution < 1.29 is 4.79 Å². The minimum atomic E-state index is 0.0617. The highest BCUT2D eigenvalue weighted by atomic mass is 35.5. The second kappa shape index (κ2) is 6.90. The number of benzene rings is 2. The van der Waals surface area contributed by atoms with Crippen LogP contribution < -0.4 is 0 Å². The summed E-state index contributed by atoms with van der Waals surface area (Å²) in [5.74, 6) is 0.0617. The molecule has 1 aliphatic rings. The SMILES string of the molecule is O=C(c1cc2ccc(Cl)cc2[nH]1)N1CCN(Cc2ccccc2)CC1. The van der Waals surface area contributed by atoms with Crippen molar-refractivity contribution in [2.45, 2.75) is 6.54 Å². The van der Waals surface area contributed by atoms with Gasteiger partial charge in [0, 0.05) is 48.6 Å². The molecule has 0 saturated carbocycles. The van der Waals surface area contributed by atoms with Gasteiger partial charge in [0.25, 0.3) is 5.91 Å². The van der Waals surface area contributed by atoms with Crippen molar-refractivity contribution >= 4 is 28.4 Å². The van der Waals surface area contributed by atoms with Crippen LogP contribution in [0, 0.1) is 0 Å². The van der Waals surface area contributed by atoms with E-state index in [4.69, 9.17) is 11.6 Å². The number of halogens is 1. The number of carbonyl (C=O) groups is 1. The van der Waals surface area contributed by atoms with E-state index in [9.17, 15) is 4.79 Å². The minimum absolute atomic E-state index is 0.0617. The Morgan fingerprint density at radius 2 is 1.76 bits per heavy atom. The van der Waals surface area contributed by atoms with E-state index in [1.165, 1.54) is 5.56 Å². The van der Waals surface area contributed by atoms with Gasteiger partial charge in [-0.15, -0.1) is 0 Å². The fourth-order valence-corrected chi connectivity index (χ4v) is 3.51. The molecule has 3 aromatic rings. The van der Waals surface area contributed by atoms with Crippen molar-refractivity contribution in [2.24, 2.45) is 0 Å². The number of H-pyrrole nitrogens is 1. The van der Waals surface area contributed by atoms with Crippen molar-refractivity contribution in [1.29, 1.82) is 0 Å². The fourth-order valence-electron chi connectivity index (χ4n) is 3.34. The highest BCUT2D eigenvalue weighted by Crippen LogP contribution is 2.21. The maximum Gasteiger partial charge on any atom is 0.270 e. The van der Waals surface area contributed by atoms with Crippen molar-refractivity contribution in [1.82, 2.24) is 14.8 Å². The summed E-state index contributed by atoms with van der Waals surface area (Å²) in [4.78, 5) is 20.3. The summed E-state index contributed by atoms with van der Waals surface area (Å²) in [7, 11) is 0. The van der Waals surface area contributed by atoms with Crippen molar-refractivity contribution in [3.63, 3.8) is 0 Å². The molecule has 2 aromatic carbocycles. The van der Waals surface area contributed by atoms with Crippen molar-refractivity contribution in [3.8, 4) is 0 Å². The van der Waals surface area contributed by atoms with Crippen LogP contribution >= 0.6 is 11.6 Å². The summed E-state index contributed by atoms with van der Waals surface area (Å²) >= 11 is 6.02. The average molecular weight is 354 g/mol. The van der Waals surface area contributed by atoms with Gasteiger partial charge in [-0.1, -0.05) is 48.0 Å². The highest BCUT2D eigenvalue weighted by Gasteiger charge is 2.23. The standard InChI is InChI=1S/C20H20ClN3O/c21-17-7-6-16-12-19(22-18(16)13-17)20(25)24-10-8-23(9-11-24)14-15-4-2-1-3-5-15/h1-7,12-13,22H,8-11,14H2. The Balaban J connectivity index is 1.40. The lowest BCUT2D eigenvalue weighted by Gasteiger charge is -2.34. The fraction of sp³-hybridized carbons (Fsp3) is 0.250. The van der Waals surface area contributed by atoms with E-state index in [-0.39, 0.29) is 5.91 Å². The highest BCUT2D eigenvalue weighted by molar-refractivity contribution is 6.31. The maximum atomic E-state index is 12.8. The van der Waals surface area contributed by atoms with E-state index >= 15 is 0 Å². The molecule has 4 nitrogen and oxygen atoms in total. The molecule has 4 rings (SSSR count). The van der Waals surface area contributed by atoms with Crippen LogP contribution in [-0.4, -0.2) is 46.9 Å². The maximum absolute atomic E-state index is 12.8. The van der Waals surface area contributed by atoms with Gasteiger partial charge in [-0.2, -0.15) is 0 Å². The molecule has 25 heavy (non-hydrogen) atoms. The van der Waals surface area contributed by atoms with E-state index in [1.54, 1.807) is 0 Å².